The molecule has 0 saturated carbocycles. The number of anilines is 5. The van der Waals surface area contributed by atoms with Gasteiger partial charge < -0.3 is 25.8 Å². The first-order chi connectivity index (χ1) is 20.3. The Bertz CT molecular complexity index is 1490. The van der Waals surface area contributed by atoms with E-state index in [1.54, 1.807) is 27.0 Å². The number of nitrogens with two attached hydrogens (primary N) is 1. The lowest BCUT2D eigenvalue weighted by Crippen LogP contribution is -2.53. The summed E-state index contributed by atoms with van der Waals surface area (Å²) in [4.78, 5) is 45.7. The molecule has 42 heavy (non-hydrogen) atoms. The fourth-order valence-corrected chi connectivity index (χ4v) is 6.24. The number of rotatable bonds is 6. The number of amides is 3. The Morgan fingerprint density at radius 3 is 2.62 bits per heavy atom. The van der Waals surface area contributed by atoms with Gasteiger partial charge in [0.25, 0.3) is 0 Å². The smallest absolute Gasteiger partial charge is 0.330 e. The number of carbonyl (C=O) groups is 2. The first-order valence-electron chi connectivity index (χ1n) is 14.3. The second-order valence-corrected chi connectivity index (χ2v) is 11.5. The Hall–Kier alpha value is -3.93. The van der Waals surface area contributed by atoms with Gasteiger partial charge in [-0.2, -0.15) is 4.98 Å². The summed E-state index contributed by atoms with van der Waals surface area (Å²) in [5, 5.41) is 3.83. The number of likely N-dealkylation sites (N-methyl/N-ethyl adjacent to an activating group) is 1. The number of hydrogen-bond acceptors (Lipinski definition) is 8. The minimum Gasteiger partial charge on any atom is -0.369 e. The van der Waals surface area contributed by atoms with Gasteiger partial charge in [-0.05, 0) is 56.3 Å². The topological polar surface area (TPSA) is 114 Å². The van der Waals surface area contributed by atoms with E-state index in [-0.39, 0.29) is 31.1 Å². The zero-order valence-electron chi connectivity index (χ0n) is 24.0. The maximum absolute atomic E-state index is 14.1. The lowest BCUT2D eigenvalue weighted by atomic mass is 10.1. The van der Waals surface area contributed by atoms with Crippen molar-refractivity contribution in [2.24, 2.45) is 5.73 Å². The van der Waals surface area contributed by atoms with Crippen LogP contribution in [0.15, 0.2) is 48.7 Å². The number of aromatic nitrogens is 2. The largest absolute Gasteiger partial charge is 0.369 e. The van der Waals surface area contributed by atoms with Gasteiger partial charge in [0.15, 0.2) is 0 Å². The highest BCUT2D eigenvalue weighted by molar-refractivity contribution is 6.34. The number of urea groups is 1. The van der Waals surface area contributed by atoms with Crippen LogP contribution in [-0.4, -0.2) is 90.6 Å². The van der Waals surface area contributed by atoms with Gasteiger partial charge in [-0.1, -0.05) is 23.7 Å². The molecule has 0 radical (unpaired) electrons. The molecule has 0 spiro atoms. The molecule has 2 saturated heterocycles. The third-order valence-electron chi connectivity index (χ3n) is 8.33. The summed E-state index contributed by atoms with van der Waals surface area (Å²) in [6.45, 7) is 7.35. The maximum atomic E-state index is 14.1. The molecule has 1 aromatic heterocycles. The lowest BCUT2D eigenvalue weighted by molar-refractivity contribution is -0.128. The summed E-state index contributed by atoms with van der Waals surface area (Å²) in [5.74, 6) is 0.807. The number of benzene rings is 2. The van der Waals surface area contributed by atoms with Gasteiger partial charge >= 0.3 is 6.03 Å². The summed E-state index contributed by atoms with van der Waals surface area (Å²) in [6, 6.07) is 13.1. The number of nitrogens with one attached hydrogen (secondary N) is 1. The Morgan fingerprint density at radius 1 is 1.10 bits per heavy atom. The summed E-state index contributed by atoms with van der Waals surface area (Å²) in [7, 11) is 2.15. The zero-order chi connectivity index (χ0) is 29.4. The van der Waals surface area contributed by atoms with Crippen LogP contribution in [0.25, 0.3) is 0 Å². The van der Waals surface area contributed by atoms with E-state index in [1.807, 2.05) is 24.3 Å². The average molecular weight is 590 g/mol. The first-order valence-corrected chi connectivity index (χ1v) is 14.7. The summed E-state index contributed by atoms with van der Waals surface area (Å²) < 4.78 is 0. The maximum Gasteiger partial charge on any atom is 0.330 e. The normalized spacial score (nSPS) is 19.3. The van der Waals surface area contributed by atoms with Crippen molar-refractivity contribution in [2.75, 3.05) is 72.9 Å². The predicted molar refractivity (Wildman–Crippen MR) is 166 cm³/mol. The zero-order valence-corrected chi connectivity index (χ0v) is 24.7. The van der Waals surface area contributed by atoms with Crippen LogP contribution >= 0.6 is 11.6 Å². The van der Waals surface area contributed by atoms with E-state index in [4.69, 9.17) is 22.3 Å². The van der Waals surface area contributed by atoms with Gasteiger partial charge in [0.05, 0.1) is 29.8 Å². The molecule has 3 aliphatic rings. The fourth-order valence-electron chi connectivity index (χ4n) is 6.00. The third-order valence-corrected chi connectivity index (χ3v) is 8.65. The quantitative estimate of drug-likeness (QED) is 0.449. The molecule has 0 aliphatic carbocycles. The average Bonchev–Trinajstić information content (AvgIpc) is 3.47. The number of para-hydroxylation sites is 1. The van der Waals surface area contributed by atoms with E-state index in [2.05, 4.69) is 46.2 Å². The van der Waals surface area contributed by atoms with Gasteiger partial charge in [-0.15, -0.1) is 0 Å². The van der Waals surface area contributed by atoms with E-state index >= 15 is 0 Å². The summed E-state index contributed by atoms with van der Waals surface area (Å²) >= 11 is 6.51. The van der Waals surface area contributed by atoms with Gasteiger partial charge in [-0.3, -0.25) is 14.6 Å². The second-order valence-electron chi connectivity index (χ2n) is 11.1. The number of piperazine rings is 1. The standard InChI is InChI=1S/C30H36ClN9O2/c1-20-15-22(7-8-25(20)37-13-11-36(2)12-14-37)34-29-33-17-21-18-39(26-6-4-3-5-24(26)31)30(42)40(28(21)35-29)23-9-10-38(19-23)27(41)16-32/h3-8,15,17,23H,9-14,16,18-19,32H2,1-2H3,(H,33,34,35)/t23-/m0/s1. The molecule has 2 aromatic carbocycles. The molecule has 3 N–H and O–H groups in total. The molecule has 3 aromatic rings. The van der Waals surface area contributed by atoms with Crippen molar-refractivity contribution in [1.82, 2.24) is 19.8 Å². The number of aryl methyl sites for hydroxylation is 1. The number of likely N-dealkylation sites (tertiary alicyclic amines) is 1. The van der Waals surface area contributed by atoms with E-state index in [0.29, 0.717) is 42.0 Å². The number of carbonyl (C=O) groups excluding carboxylic acids is 2. The van der Waals surface area contributed by atoms with Gasteiger partial charge in [0.2, 0.25) is 11.9 Å². The molecule has 3 amide bonds. The second kappa shape index (κ2) is 11.7. The fraction of sp³-hybridized carbons (Fsp3) is 0.400. The summed E-state index contributed by atoms with van der Waals surface area (Å²) in [6.07, 6.45) is 2.38. The van der Waals surface area contributed by atoms with Crippen molar-refractivity contribution < 1.29 is 9.59 Å². The van der Waals surface area contributed by atoms with E-state index in [1.165, 1.54) is 11.3 Å². The monoisotopic (exact) mass is 589 g/mol. The van der Waals surface area contributed by atoms with Crippen molar-refractivity contribution in [2.45, 2.75) is 25.9 Å². The van der Waals surface area contributed by atoms with Gasteiger partial charge in [0.1, 0.15) is 5.82 Å². The Morgan fingerprint density at radius 2 is 1.88 bits per heavy atom. The van der Waals surface area contributed by atoms with Crippen LogP contribution in [0.1, 0.15) is 17.5 Å². The SMILES string of the molecule is Cc1cc(Nc2ncc3c(n2)N([C@H]2CCN(C(=O)CN)C2)C(=O)N(c2ccccc2Cl)C3)ccc1N1CCN(C)CC1. The van der Waals surface area contributed by atoms with Crippen molar-refractivity contribution in [3.63, 3.8) is 0 Å². The van der Waals surface area contributed by atoms with Gasteiger partial charge in [-0.25, -0.2) is 9.78 Å². The summed E-state index contributed by atoms with van der Waals surface area (Å²) in [5.41, 5.74) is 10.3. The highest BCUT2D eigenvalue weighted by Crippen LogP contribution is 2.37. The predicted octanol–water partition coefficient (Wildman–Crippen LogP) is 3.44. The van der Waals surface area contributed by atoms with Crippen molar-refractivity contribution in [3.05, 3.63) is 64.8 Å². The molecule has 1 atom stereocenters. The molecule has 4 heterocycles. The number of fused-ring (bicyclic) bond motifs is 1. The number of hydrogen-bond donors (Lipinski definition) is 2. The van der Waals surface area contributed by atoms with Crippen LogP contribution in [0.4, 0.5) is 33.6 Å². The first kappa shape index (κ1) is 28.2. The van der Waals surface area contributed by atoms with E-state index in [9.17, 15) is 9.59 Å². The molecule has 0 bridgehead atoms. The third kappa shape index (κ3) is 5.47. The Balaban J connectivity index is 1.29. The molecule has 2 fully saturated rings. The number of nitrogens with zero attached hydrogens (tertiary/aromatic N) is 7. The minimum absolute atomic E-state index is 0.0632. The Labute approximate surface area is 250 Å². The van der Waals surface area contributed by atoms with Crippen LogP contribution in [0, 0.1) is 6.92 Å². The molecule has 220 valence electrons. The van der Waals surface area contributed by atoms with Crippen molar-refractivity contribution >= 4 is 52.4 Å². The van der Waals surface area contributed by atoms with E-state index in [0.717, 1.165) is 37.4 Å². The highest BCUT2D eigenvalue weighted by atomic mass is 35.5. The van der Waals surface area contributed by atoms with Gasteiger partial charge in [0, 0.05) is 62.4 Å². The van der Waals surface area contributed by atoms with Crippen LogP contribution in [0.2, 0.25) is 5.02 Å². The van der Waals surface area contributed by atoms with Crippen molar-refractivity contribution in [3.8, 4) is 0 Å². The highest BCUT2D eigenvalue weighted by Gasteiger charge is 2.41. The molecule has 3 aliphatic heterocycles. The number of halogens is 1. The van der Waals surface area contributed by atoms with Crippen LogP contribution in [0.5, 0.6) is 0 Å². The van der Waals surface area contributed by atoms with Crippen LogP contribution in [0.3, 0.4) is 0 Å². The lowest BCUT2D eigenvalue weighted by Gasteiger charge is -2.39. The van der Waals surface area contributed by atoms with Crippen LogP contribution < -0.4 is 25.8 Å². The molecular weight excluding hydrogens is 554 g/mol. The molecule has 11 nitrogen and oxygen atoms in total. The molecular formula is C30H36ClN9O2. The van der Waals surface area contributed by atoms with Crippen LogP contribution in [-0.2, 0) is 11.3 Å². The molecule has 6 rings (SSSR count). The minimum atomic E-state index is -0.259. The Kier molecular flexibility index (Phi) is 7.89. The molecule has 12 heteroatoms. The van der Waals surface area contributed by atoms with Crippen molar-refractivity contribution in [1.29, 1.82) is 0 Å². The van der Waals surface area contributed by atoms with E-state index < -0.39 is 0 Å². The molecule has 0 unspecified atom stereocenters.